The van der Waals surface area contributed by atoms with Crippen LogP contribution >= 0.6 is 0 Å². The van der Waals surface area contributed by atoms with Crippen molar-refractivity contribution in [2.75, 3.05) is 19.3 Å². The quantitative estimate of drug-likeness (QED) is 0.689. The predicted octanol–water partition coefficient (Wildman–Crippen LogP) is 2.35. The molecule has 182 valence electrons. The van der Waals surface area contributed by atoms with Gasteiger partial charge in [-0.15, -0.1) is 0 Å². The van der Waals surface area contributed by atoms with Crippen LogP contribution in [0.2, 0.25) is 0 Å². The average Bonchev–Trinajstić information content (AvgIpc) is 2.77. The number of piperazine rings is 1. The van der Waals surface area contributed by atoms with E-state index in [1.54, 1.807) is 6.92 Å². The number of nitrogens with zero attached hydrogens (tertiary/aromatic N) is 2. The summed E-state index contributed by atoms with van der Waals surface area (Å²) in [5.74, 6) is 1.37. The van der Waals surface area contributed by atoms with Crippen molar-refractivity contribution in [3.8, 4) is 0 Å². The Bertz CT molecular complexity index is 802. The molecule has 8 heteroatoms. The van der Waals surface area contributed by atoms with Crippen molar-refractivity contribution in [3.63, 3.8) is 0 Å². The summed E-state index contributed by atoms with van der Waals surface area (Å²) in [7, 11) is -2.96. The topological polar surface area (TPSA) is 86.8 Å². The zero-order valence-electron chi connectivity index (χ0n) is 20.0. The van der Waals surface area contributed by atoms with Gasteiger partial charge >= 0.3 is 0 Å². The van der Waals surface area contributed by atoms with Crippen molar-refractivity contribution in [1.82, 2.24) is 15.1 Å². The smallest absolute Gasteiger partial charge is 0.240 e. The SMILES string of the molecule is CC(=O)N1C(C)CN(C(=O)C2CCCCN2)C2CC(C3CCC(S(C)(=O)=O)CC3)CCC21. The van der Waals surface area contributed by atoms with E-state index in [1.807, 2.05) is 4.90 Å². The number of hydrogen-bond acceptors (Lipinski definition) is 5. The Hall–Kier alpha value is -1.15. The maximum absolute atomic E-state index is 13.6. The Morgan fingerprint density at radius 3 is 2.19 bits per heavy atom. The van der Waals surface area contributed by atoms with Gasteiger partial charge in [0.2, 0.25) is 11.8 Å². The molecule has 0 aromatic carbocycles. The monoisotopic (exact) mass is 467 g/mol. The van der Waals surface area contributed by atoms with Crippen molar-refractivity contribution in [1.29, 1.82) is 0 Å². The minimum Gasteiger partial charge on any atom is -0.334 e. The average molecular weight is 468 g/mol. The first kappa shape index (κ1) is 24.0. The molecule has 1 N–H and O–H groups in total. The van der Waals surface area contributed by atoms with E-state index in [9.17, 15) is 18.0 Å². The molecule has 0 spiro atoms. The predicted molar refractivity (Wildman–Crippen MR) is 125 cm³/mol. The minimum atomic E-state index is -2.96. The highest BCUT2D eigenvalue weighted by Gasteiger charge is 2.48. The van der Waals surface area contributed by atoms with Crippen molar-refractivity contribution >= 4 is 21.7 Å². The molecular formula is C24H41N3O4S. The number of rotatable bonds is 3. The maximum atomic E-state index is 13.6. The van der Waals surface area contributed by atoms with E-state index >= 15 is 0 Å². The molecule has 4 aliphatic rings. The fraction of sp³-hybridized carbons (Fsp3) is 0.917. The summed E-state index contributed by atoms with van der Waals surface area (Å²) in [6, 6.07) is 0.138. The lowest BCUT2D eigenvalue weighted by Gasteiger charge is -2.55. The molecule has 0 bridgehead atoms. The lowest BCUT2D eigenvalue weighted by molar-refractivity contribution is -0.156. The minimum absolute atomic E-state index is 0.0445. The molecule has 2 saturated heterocycles. The second kappa shape index (κ2) is 9.61. The summed E-state index contributed by atoms with van der Waals surface area (Å²) < 4.78 is 23.9. The number of hydrogen-bond donors (Lipinski definition) is 1. The normalized spacial score (nSPS) is 38.8. The Balaban J connectivity index is 1.50. The van der Waals surface area contributed by atoms with Crippen molar-refractivity contribution in [2.24, 2.45) is 11.8 Å². The van der Waals surface area contributed by atoms with Crippen LogP contribution in [0, 0.1) is 11.8 Å². The summed E-state index contributed by atoms with van der Waals surface area (Å²) in [6.07, 6.45) is 10.9. The number of nitrogens with one attached hydrogen (secondary N) is 1. The van der Waals surface area contributed by atoms with E-state index in [1.165, 1.54) is 6.26 Å². The molecule has 4 fully saturated rings. The molecule has 32 heavy (non-hydrogen) atoms. The van der Waals surface area contributed by atoms with E-state index in [0.717, 1.165) is 70.8 Å². The standard InChI is InChI=1S/C24H41N3O4S/c1-16-15-26(24(29)21-6-4-5-13-25-21)23-14-19(9-12-22(23)27(16)17(2)28)18-7-10-20(11-8-18)32(3,30)31/h16,18-23,25H,4-15H2,1-3H3. The third-order valence-electron chi connectivity index (χ3n) is 8.76. The van der Waals surface area contributed by atoms with Gasteiger partial charge in [0.25, 0.3) is 0 Å². The summed E-state index contributed by atoms with van der Waals surface area (Å²) >= 11 is 0. The fourth-order valence-electron chi connectivity index (χ4n) is 7.13. The van der Waals surface area contributed by atoms with Gasteiger partial charge in [0.15, 0.2) is 0 Å². The molecule has 2 aliphatic carbocycles. The molecule has 0 aromatic rings. The molecule has 2 aliphatic heterocycles. The Labute approximate surface area is 193 Å². The van der Waals surface area contributed by atoms with Gasteiger partial charge in [-0.2, -0.15) is 0 Å². The highest BCUT2D eigenvalue weighted by atomic mass is 32.2. The van der Waals surface area contributed by atoms with E-state index in [-0.39, 0.29) is 41.2 Å². The van der Waals surface area contributed by atoms with E-state index < -0.39 is 9.84 Å². The van der Waals surface area contributed by atoms with Gasteiger partial charge in [-0.25, -0.2) is 8.42 Å². The molecular weight excluding hydrogens is 426 g/mol. The van der Waals surface area contributed by atoms with Gasteiger partial charge in [0.05, 0.1) is 23.4 Å². The van der Waals surface area contributed by atoms with Gasteiger partial charge in [0.1, 0.15) is 9.84 Å². The van der Waals surface area contributed by atoms with Gasteiger partial charge < -0.3 is 15.1 Å². The lowest BCUT2D eigenvalue weighted by atomic mass is 9.69. The maximum Gasteiger partial charge on any atom is 0.240 e. The molecule has 2 heterocycles. The number of sulfone groups is 1. The third-order valence-corrected chi connectivity index (χ3v) is 10.4. The van der Waals surface area contributed by atoms with E-state index in [4.69, 9.17) is 0 Å². The van der Waals surface area contributed by atoms with Gasteiger partial charge in [-0.05, 0) is 83.1 Å². The van der Waals surface area contributed by atoms with Crippen LogP contribution in [-0.4, -0.2) is 78.8 Å². The summed E-state index contributed by atoms with van der Waals surface area (Å²) in [4.78, 5) is 30.2. The second-order valence-corrected chi connectivity index (χ2v) is 13.2. The Kier molecular flexibility index (Phi) is 7.20. The fourth-order valence-corrected chi connectivity index (χ4v) is 8.26. The zero-order valence-corrected chi connectivity index (χ0v) is 20.8. The highest BCUT2D eigenvalue weighted by molar-refractivity contribution is 7.91. The Morgan fingerprint density at radius 2 is 1.59 bits per heavy atom. The molecule has 7 nitrogen and oxygen atoms in total. The van der Waals surface area contributed by atoms with Crippen molar-refractivity contribution in [3.05, 3.63) is 0 Å². The first-order chi connectivity index (χ1) is 15.2. The summed E-state index contributed by atoms with van der Waals surface area (Å²) in [5.41, 5.74) is 0. The molecule has 5 atom stereocenters. The summed E-state index contributed by atoms with van der Waals surface area (Å²) in [6.45, 7) is 5.25. The second-order valence-electron chi connectivity index (χ2n) is 10.8. The largest absolute Gasteiger partial charge is 0.334 e. The molecule has 2 amide bonds. The van der Waals surface area contributed by atoms with Crippen molar-refractivity contribution < 1.29 is 18.0 Å². The first-order valence-electron chi connectivity index (χ1n) is 12.7. The highest BCUT2D eigenvalue weighted by Crippen LogP contribution is 2.43. The van der Waals surface area contributed by atoms with Crippen LogP contribution in [0.15, 0.2) is 0 Å². The number of fused-ring (bicyclic) bond motifs is 1. The number of piperidine rings is 1. The van der Waals surface area contributed by atoms with Crippen LogP contribution in [0.5, 0.6) is 0 Å². The van der Waals surface area contributed by atoms with Crippen LogP contribution in [0.4, 0.5) is 0 Å². The van der Waals surface area contributed by atoms with Crippen LogP contribution in [-0.2, 0) is 19.4 Å². The third kappa shape index (κ3) is 4.86. The molecule has 2 saturated carbocycles. The number of carbonyl (C=O) groups excluding carboxylic acids is 2. The molecule has 0 radical (unpaired) electrons. The van der Waals surface area contributed by atoms with Gasteiger partial charge in [-0.1, -0.05) is 6.42 Å². The van der Waals surface area contributed by atoms with Crippen LogP contribution in [0.25, 0.3) is 0 Å². The van der Waals surface area contributed by atoms with E-state index in [0.29, 0.717) is 18.4 Å². The van der Waals surface area contributed by atoms with E-state index in [2.05, 4.69) is 17.1 Å². The molecule has 4 rings (SSSR count). The Morgan fingerprint density at radius 1 is 0.906 bits per heavy atom. The first-order valence-corrected chi connectivity index (χ1v) is 14.6. The number of amides is 2. The molecule has 5 unspecified atom stereocenters. The van der Waals surface area contributed by atoms with Gasteiger partial charge in [-0.3, -0.25) is 9.59 Å². The zero-order chi connectivity index (χ0) is 23.0. The lowest BCUT2D eigenvalue weighted by Crippen LogP contribution is -2.68. The molecule has 0 aromatic heterocycles. The van der Waals surface area contributed by atoms with Crippen LogP contribution < -0.4 is 5.32 Å². The summed E-state index contributed by atoms with van der Waals surface area (Å²) in [5, 5.41) is 3.24. The van der Waals surface area contributed by atoms with Gasteiger partial charge in [0, 0.05) is 25.8 Å². The van der Waals surface area contributed by atoms with Crippen LogP contribution in [0.3, 0.4) is 0 Å². The van der Waals surface area contributed by atoms with Crippen molar-refractivity contribution in [2.45, 2.75) is 107 Å². The number of carbonyl (C=O) groups is 2. The van der Waals surface area contributed by atoms with Crippen LogP contribution in [0.1, 0.15) is 78.1 Å².